The number of primary amides is 1. The molecule has 0 aromatic carbocycles. The van der Waals surface area contributed by atoms with Crippen LogP contribution in [0.4, 0.5) is 0 Å². The predicted molar refractivity (Wildman–Crippen MR) is 84.2 cm³/mol. The molecule has 2 amide bonds. The number of fused-ring (bicyclic) bond motifs is 1. The number of carbonyl (C=O) groups excluding carboxylic acids is 2. The van der Waals surface area contributed by atoms with Gasteiger partial charge in [0.05, 0.1) is 13.1 Å². The molecule has 2 atom stereocenters. The monoisotopic (exact) mass is 308 g/mol. The fourth-order valence-electron chi connectivity index (χ4n) is 4.74. The van der Waals surface area contributed by atoms with Gasteiger partial charge in [0, 0.05) is 31.3 Å². The lowest BCUT2D eigenvalue weighted by Gasteiger charge is -2.44. The van der Waals surface area contributed by atoms with E-state index in [0.717, 1.165) is 38.4 Å². The highest BCUT2D eigenvalue weighted by Crippen LogP contribution is 2.35. The van der Waals surface area contributed by atoms with Gasteiger partial charge in [0.1, 0.15) is 0 Å². The highest BCUT2D eigenvalue weighted by atomic mass is 16.2. The summed E-state index contributed by atoms with van der Waals surface area (Å²) in [4.78, 5) is 27.5. The summed E-state index contributed by atoms with van der Waals surface area (Å²) in [5.74, 6) is 0.939. The van der Waals surface area contributed by atoms with Gasteiger partial charge in [-0.2, -0.15) is 0 Å². The Morgan fingerprint density at radius 3 is 2.41 bits per heavy atom. The Morgan fingerprint density at radius 1 is 1.00 bits per heavy atom. The van der Waals surface area contributed by atoms with Crippen molar-refractivity contribution in [2.24, 2.45) is 17.6 Å². The number of quaternary nitrogens is 1. The molecule has 3 fully saturated rings. The molecule has 3 rings (SSSR count). The van der Waals surface area contributed by atoms with Crippen molar-refractivity contribution in [3.63, 3.8) is 0 Å². The first kappa shape index (κ1) is 15.8. The van der Waals surface area contributed by atoms with E-state index >= 15 is 0 Å². The van der Waals surface area contributed by atoms with Crippen LogP contribution in [0.5, 0.6) is 0 Å². The molecule has 2 heterocycles. The number of hydrogen-bond donors (Lipinski definition) is 2. The Hall–Kier alpha value is -1.10. The van der Waals surface area contributed by atoms with Crippen molar-refractivity contribution in [1.29, 1.82) is 0 Å². The molecule has 0 aromatic rings. The van der Waals surface area contributed by atoms with Gasteiger partial charge >= 0.3 is 0 Å². The minimum absolute atomic E-state index is 0.0246. The Balaban J connectivity index is 1.52. The number of nitrogens with two attached hydrogens (primary N) is 1. The summed E-state index contributed by atoms with van der Waals surface area (Å²) in [5.41, 5.74) is 5.38. The summed E-state index contributed by atoms with van der Waals surface area (Å²) in [6.45, 7) is 3.37. The maximum atomic E-state index is 12.8. The van der Waals surface area contributed by atoms with Gasteiger partial charge in [-0.3, -0.25) is 9.59 Å². The first-order valence-corrected chi connectivity index (χ1v) is 9.07. The molecule has 1 saturated carbocycles. The third-order valence-electron chi connectivity index (χ3n) is 6.06. The van der Waals surface area contributed by atoms with Crippen LogP contribution in [0.25, 0.3) is 0 Å². The summed E-state index contributed by atoms with van der Waals surface area (Å²) in [7, 11) is 0. The SMILES string of the molecule is NC(=O)C1CC[NH+](CC(=O)N2CCC[C@@H]3CCCC[C@@H]32)CC1. The summed E-state index contributed by atoms with van der Waals surface area (Å²) >= 11 is 0. The van der Waals surface area contributed by atoms with Crippen molar-refractivity contribution in [2.75, 3.05) is 26.2 Å². The van der Waals surface area contributed by atoms with E-state index in [1.165, 1.54) is 43.4 Å². The van der Waals surface area contributed by atoms with Crippen LogP contribution in [0.15, 0.2) is 0 Å². The summed E-state index contributed by atoms with van der Waals surface area (Å²) < 4.78 is 0. The number of nitrogens with zero attached hydrogens (tertiary/aromatic N) is 1. The highest BCUT2D eigenvalue weighted by molar-refractivity contribution is 5.78. The molecule has 0 unspecified atom stereocenters. The molecule has 22 heavy (non-hydrogen) atoms. The maximum absolute atomic E-state index is 12.8. The zero-order chi connectivity index (χ0) is 15.5. The van der Waals surface area contributed by atoms with E-state index in [9.17, 15) is 9.59 Å². The summed E-state index contributed by atoms with van der Waals surface area (Å²) in [6, 6.07) is 0.512. The number of carbonyl (C=O) groups is 2. The maximum Gasteiger partial charge on any atom is 0.278 e. The van der Waals surface area contributed by atoms with Gasteiger partial charge in [0.2, 0.25) is 5.91 Å². The molecule has 0 bridgehead atoms. The predicted octanol–water partition coefficient (Wildman–Crippen LogP) is -0.0522. The Bertz CT molecular complexity index is 416. The normalized spacial score (nSPS) is 35.7. The molecule has 0 radical (unpaired) electrons. The van der Waals surface area contributed by atoms with Crippen LogP contribution < -0.4 is 10.6 Å². The third-order valence-corrected chi connectivity index (χ3v) is 6.06. The number of rotatable bonds is 3. The van der Waals surface area contributed by atoms with E-state index in [-0.39, 0.29) is 11.8 Å². The first-order valence-electron chi connectivity index (χ1n) is 9.07. The van der Waals surface area contributed by atoms with Gasteiger partial charge in [0.15, 0.2) is 6.54 Å². The molecule has 3 N–H and O–H groups in total. The van der Waals surface area contributed by atoms with E-state index in [0.29, 0.717) is 18.5 Å². The van der Waals surface area contributed by atoms with Crippen LogP contribution >= 0.6 is 0 Å². The zero-order valence-electron chi connectivity index (χ0n) is 13.6. The van der Waals surface area contributed by atoms with Gasteiger partial charge in [0.25, 0.3) is 5.91 Å². The quantitative estimate of drug-likeness (QED) is 0.767. The lowest BCUT2D eigenvalue weighted by atomic mass is 9.78. The topological polar surface area (TPSA) is 67.8 Å². The Morgan fingerprint density at radius 2 is 1.68 bits per heavy atom. The molecular formula is C17H30N3O2+. The molecular weight excluding hydrogens is 278 g/mol. The van der Waals surface area contributed by atoms with Crippen LogP contribution in [-0.4, -0.2) is 48.9 Å². The molecule has 1 aliphatic carbocycles. The first-order chi connectivity index (χ1) is 10.6. The molecule has 2 saturated heterocycles. The Kier molecular flexibility index (Phi) is 5.01. The van der Waals surface area contributed by atoms with Crippen molar-refractivity contribution in [3.05, 3.63) is 0 Å². The van der Waals surface area contributed by atoms with Crippen LogP contribution in [0.2, 0.25) is 0 Å². The van der Waals surface area contributed by atoms with Gasteiger partial charge in [-0.25, -0.2) is 0 Å². The minimum atomic E-state index is -0.175. The van der Waals surface area contributed by atoms with Gasteiger partial charge < -0.3 is 15.5 Å². The number of likely N-dealkylation sites (tertiary alicyclic amines) is 2. The number of nitrogens with one attached hydrogen (secondary N) is 1. The van der Waals surface area contributed by atoms with Crippen molar-refractivity contribution < 1.29 is 14.5 Å². The second-order valence-electron chi connectivity index (χ2n) is 7.44. The van der Waals surface area contributed by atoms with Crippen molar-refractivity contribution >= 4 is 11.8 Å². The number of piperidine rings is 2. The average Bonchev–Trinajstić information content (AvgIpc) is 2.54. The van der Waals surface area contributed by atoms with Crippen LogP contribution in [0.1, 0.15) is 51.4 Å². The van der Waals surface area contributed by atoms with E-state index in [4.69, 9.17) is 5.73 Å². The smallest absolute Gasteiger partial charge is 0.278 e. The zero-order valence-corrected chi connectivity index (χ0v) is 13.6. The lowest BCUT2D eigenvalue weighted by Crippen LogP contribution is -3.14. The number of hydrogen-bond acceptors (Lipinski definition) is 2. The van der Waals surface area contributed by atoms with Crippen LogP contribution in [0.3, 0.4) is 0 Å². The minimum Gasteiger partial charge on any atom is -0.369 e. The van der Waals surface area contributed by atoms with Crippen LogP contribution in [0, 0.1) is 11.8 Å². The largest absolute Gasteiger partial charge is 0.369 e. The standard InChI is InChI=1S/C17H29N3O2/c18-17(22)14-7-10-19(11-8-14)12-16(21)20-9-3-5-13-4-1-2-6-15(13)20/h13-15H,1-12H2,(H2,18,22)/p+1/t13-,15-/m0/s1. The molecule has 3 aliphatic rings. The molecule has 5 heteroatoms. The molecule has 0 spiro atoms. The average molecular weight is 308 g/mol. The van der Waals surface area contributed by atoms with E-state index in [1.807, 2.05) is 0 Å². The van der Waals surface area contributed by atoms with E-state index in [1.54, 1.807) is 0 Å². The number of amides is 2. The lowest BCUT2D eigenvalue weighted by molar-refractivity contribution is -0.898. The fourth-order valence-corrected chi connectivity index (χ4v) is 4.74. The molecule has 124 valence electrons. The summed E-state index contributed by atoms with van der Waals surface area (Å²) in [6.07, 6.45) is 9.29. The van der Waals surface area contributed by atoms with Gasteiger partial charge in [-0.15, -0.1) is 0 Å². The van der Waals surface area contributed by atoms with Crippen molar-refractivity contribution in [1.82, 2.24) is 4.90 Å². The van der Waals surface area contributed by atoms with Gasteiger partial charge in [-0.05, 0) is 31.6 Å². The molecule has 0 aromatic heterocycles. The fraction of sp³-hybridized carbons (Fsp3) is 0.882. The highest BCUT2D eigenvalue weighted by Gasteiger charge is 2.37. The van der Waals surface area contributed by atoms with Crippen LogP contribution in [-0.2, 0) is 9.59 Å². The van der Waals surface area contributed by atoms with E-state index in [2.05, 4.69) is 4.90 Å². The summed E-state index contributed by atoms with van der Waals surface area (Å²) in [5, 5.41) is 0. The third kappa shape index (κ3) is 3.45. The van der Waals surface area contributed by atoms with Gasteiger partial charge in [-0.1, -0.05) is 12.8 Å². The van der Waals surface area contributed by atoms with Crippen molar-refractivity contribution in [3.8, 4) is 0 Å². The second-order valence-corrected chi connectivity index (χ2v) is 7.44. The van der Waals surface area contributed by atoms with Crippen molar-refractivity contribution in [2.45, 2.75) is 57.4 Å². The second kappa shape index (κ2) is 6.99. The van der Waals surface area contributed by atoms with E-state index < -0.39 is 0 Å². The Labute approximate surface area is 133 Å². The molecule has 5 nitrogen and oxygen atoms in total. The molecule has 2 aliphatic heterocycles.